The van der Waals surface area contributed by atoms with E-state index in [2.05, 4.69) is 4.98 Å². The van der Waals surface area contributed by atoms with E-state index in [9.17, 15) is 9.18 Å². The summed E-state index contributed by atoms with van der Waals surface area (Å²) in [7, 11) is 0. The van der Waals surface area contributed by atoms with Crippen molar-refractivity contribution >= 4 is 21.9 Å². The van der Waals surface area contributed by atoms with Crippen LogP contribution in [0.3, 0.4) is 0 Å². The molecule has 86 valence electrons. The number of aliphatic hydroxyl groups excluding tert-OH is 1. The first-order chi connectivity index (χ1) is 8.22. The van der Waals surface area contributed by atoms with E-state index in [1.54, 1.807) is 6.07 Å². The van der Waals surface area contributed by atoms with E-state index in [1.807, 2.05) is 0 Å². The Morgan fingerprint density at radius 1 is 1.29 bits per heavy atom. The zero-order valence-corrected chi connectivity index (χ0v) is 8.66. The number of halogens is 1. The Kier molecular flexibility index (Phi) is 2.02. The molecule has 5 heteroatoms. The van der Waals surface area contributed by atoms with Crippen LogP contribution < -0.4 is 5.56 Å². The topological polar surface area (TPSA) is 66.2 Å². The van der Waals surface area contributed by atoms with Gasteiger partial charge in [0, 0.05) is 10.9 Å². The van der Waals surface area contributed by atoms with Gasteiger partial charge in [0.2, 0.25) is 0 Å². The van der Waals surface area contributed by atoms with Crippen LogP contribution >= 0.6 is 0 Å². The molecule has 0 amide bonds. The number of hydrogen-bond donors (Lipinski definition) is 2. The van der Waals surface area contributed by atoms with Crippen molar-refractivity contribution in [3.05, 3.63) is 46.2 Å². The molecule has 0 aliphatic rings. The van der Waals surface area contributed by atoms with Gasteiger partial charge in [0.05, 0.1) is 23.8 Å². The Morgan fingerprint density at radius 2 is 2.12 bits per heavy atom. The molecular weight excluding hydrogens is 225 g/mol. The molecule has 2 aromatic heterocycles. The highest BCUT2D eigenvalue weighted by atomic mass is 19.1. The second kappa shape index (κ2) is 3.43. The SMILES string of the molecule is O=c1[nH]c2c(F)c(CO)ccc2c2occc12. The molecule has 0 atom stereocenters. The van der Waals surface area contributed by atoms with Gasteiger partial charge >= 0.3 is 0 Å². The molecule has 0 radical (unpaired) electrons. The number of aromatic amines is 1. The summed E-state index contributed by atoms with van der Waals surface area (Å²) in [6.07, 6.45) is 1.39. The lowest BCUT2D eigenvalue weighted by molar-refractivity contribution is 0.276. The predicted octanol–water partition coefficient (Wildman–Crippen LogP) is 1.91. The lowest BCUT2D eigenvalue weighted by Crippen LogP contribution is -2.07. The summed E-state index contributed by atoms with van der Waals surface area (Å²) in [4.78, 5) is 14.1. The molecule has 0 fully saturated rings. The molecular formula is C12H8FNO3. The number of pyridine rings is 1. The van der Waals surface area contributed by atoms with Gasteiger partial charge in [-0.2, -0.15) is 0 Å². The van der Waals surface area contributed by atoms with Crippen molar-refractivity contribution in [2.24, 2.45) is 0 Å². The zero-order valence-electron chi connectivity index (χ0n) is 8.66. The quantitative estimate of drug-likeness (QED) is 0.674. The molecule has 0 saturated heterocycles. The molecule has 0 bridgehead atoms. The van der Waals surface area contributed by atoms with E-state index in [4.69, 9.17) is 9.52 Å². The number of aliphatic hydroxyl groups is 1. The molecule has 0 unspecified atom stereocenters. The summed E-state index contributed by atoms with van der Waals surface area (Å²) >= 11 is 0. The second-order valence-electron chi connectivity index (χ2n) is 3.74. The number of nitrogens with one attached hydrogen (secondary N) is 1. The number of rotatable bonds is 1. The monoisotopic (exact) mass is 233 g/mol. The summed E-state index contributed by atoms with van der Waals surface area (Å²) in [5.74, 6) is -0.625. The summed E-state index contributed by atoms with van der Waals surface area (Å²) < 4.78 is 19.1. The van der Waals surface area contributed by atoms with Gasteiger partial charge in [-0.05, 0) is 12.1 Å². The van der Waals surface area contributed by atoms with E-state index in [0.29, 0.717) is 16.4 Å². The van der Waals surface area contributed by atoms with Crippen LogP contribution in [0.1, 0.15) is 5.56 Å². The molecule has 4 nitrogen and oxygen atoms in total. The highest BCUT2D eigenvalue weighted by molar-refractivity contribution is 6.02. The molecule has 0 aliphatic heterocycles. The fourth-order valence-electron chi connectivity index (χ4n) is 1.93. The van der Waals surface area contributed by atoms with Crippen molar-refractivity contribution in [1.29, 1.82) is 0 Å². The lowest BCUT2D eigenvalue weighted by Gasteiger charge is -2.04. The fourth-order valence-corrected chi connectivity index (χ4v) is 1.93. The van der Waals surface area contributed by atoms with Crippen LogP contribution in [0, 0.1) is 5.82 Å². The summed E-state index contributed by atoms with van der Waals surface area (Å²) in [6, 6.07) is 4.62. The van der Waals surface area contributed by atoms with Crippen LogP contribution in [0.5, 0.6) is 0 Å². The van der Waals surface area contributed by atoms with Crippen molar-refractivity contribution in [3.63, 3.8) is 0 Å². The second-order valence-corrected chi connectivity index (χ2v) is 3.74. The highest BCUT2D eigenvalue weighted by Gasteiger charge is 2.13. The number of hydrogen-bond acceptors (Lipinski definition) is 3. The Labute approximate surface area is 94.3 Å². The molecule has 17 heavy (non-hydrogen) atoms. The van der Waals surface area contributed by atoms with Crippen LogP contribution in [0.2, 0.25) is 0 Å². The third-order valence-corrected chi connectivity index (χ3v) is 2.79. The summed E-state index contributed by atoms with van der Waals surface area (Å²) in [5.41, 5.74) is 0.144. The van der Waals surface area contributed by atoms with Crippen LogP contribution in [-0.2, 0) is 6.61 Å². The summed E-state index contributed by atoms with van der Waals surface area (Å²) in [6.45, 7) is -0.417. The maximum atomic E-state index is 13.9. The van der Waals surface area contributed by atoms with Crippen LogP contribution in [-0.4, -0.2) is 10.1 Å². The van der Waals surface area contributed by atoms with Gasteiger partial charge in [0.25, 0.3) is 5.56 Å². The number of fused-ring (bicyclic) bond motifs is 3. The van der Waals surface area contributed by atoms with E-state index in [-0.39, 0.29) is 11.1 Å². The number of aromatic nitrogens is 1. The first-order valence-electron chi connectivity index (χ1n) is 5.04. The highest BCUT2D eigenvalue weighted by Crippen LogP contribution is 2.25. The van der Waals surface area contributed by atoms with Gasteiger partial charge in [-0.1, -0.05) is 6.07 Å². The molecule has 3 rings (SSSR count). The van der Waals surface area contributed by atoms with Gasteiger partial charge in [0.15, 0.2) is 5.82 Å². The fraction of sp³-hybridized carbons (Fsp3) is 0.0833. The van der Waals surface area contributed by atoms with Crippen molar-refractivity contribution in [1.82, 2.24) is 4.98 Å². The Morgan fingerprint density at radius 3 is 2.88 bits per heavy atom. The van der Waals surface area contributed by atoms with Gasteiger partial charge in [0.1, 0.15) is 5.58 Å². The Bertz CT molecular complexity index is 772. The molecule has 3 aromatic rings. The largest absolute Gasteiger partial charge is 0.463 e. The Balaban J connectivity index is 2.58. The van der Waals surface area contributed by atoms with Gasteiger partial charge < -0.3 is 14.5 Å². The first kappa shape index (κ1) is 10.0. The molecule has 1 aromatic carbocycles. The third-order valence-electron chi connectivity index (χ3n) is 2.79. The average Bonchev–Trinajstić information content (AvgIpc) is 2.81. The maximum absolute atomic E-state index is 13.9. The minimum atomic E-state index is -0.625. The molecule has 0 spiro atoms. The van der Waals surface area contributed by atoms with E-state index < -0.39 is 18.0 Å². The van der Waals surface area contributed by atoms with Crippen LogP contribution in [0.4, 0.5) is 4.39 Å². The number of furan rings is 1. The third kappa shape index (κ3) is 1.29. The molecule has 2 N–H and O–H groups in total. The normalized spacial score (nSPS) is 11.4. The predicted molar refractivity (Wildman–Crippen MR) is 60.2 cm³/mol. The van der Waals surface area contributed by atoms with Crippen molar-refractivity contribution < 1.29 is 13.9 Å². The van der Waals surface area contributed by atoms with Gasteiger partial charge in [-0.15, -0.1) is 0 Å². The van der Waals surface area contributed by atoms with Crippen molar-refractivity contribution in [2.75, 3.05) is 0 Å². The van der Waals surface area contributed by atoms with Gasteiger partial charge in [-0.3, -0.25) is 4.79 Å². The minimum absolute atomic E-state index is 0.0593. The van der Waals surface area contributed by atoms with Gasteiger partial charge in [-0.25, -0.2) is 4.39 Å². The molecule has 0 saturated carbocycles. The van der Waals surface area contributed by atoms with Crippen molar-refractivity contribution in [2.45, 2.75) is 6.61 Å². The number of benzene rings is 1. The van der Waals surface area contributed by atoms with Crippen molar-refractivity contribution in [3.8, 4) is 0 Å². The zero-order chi connectivity index (χ0) is 12.0. The average molecular weight is 233 g/mol. The first-order valence-corrected chi connectivity index (χ1v) is 5.04. The smallest absolute Gasteiger partial charge is 0.259 e. The van der Waals surface area contributed by atoms with Crippen LogP contribution in [0.25, 0.3) is 21.9 Å². The number of H-pyrrole nitrogens is 1. The molecule has 0 aliphatic carbocycles. The lowest BCUT2D eigenvalue weighted by atomic mass is 10.1. The standard InChI is InChI=1S/C12H8FNO3/c13-9-6(5-15)1-2-7-10(9)14-12(16)8-3-4-17-11(7)8/h1-4,15H,5H2,(H,14,16). The van der Waals surface area contributed by atoms with E-state index in [1.165, 1.54) is 18.4 Å². The van der Waals surface area contributed by atoms with E-state index in [0.717, 1.165) is 0 Å². The van der Waals surface area contributed by atoms with Crippen LogP contribution in [0.15, 0.2) is 33.7 Å². The molecule has 2 heterocycles. The maximum Gasteiger partial charge on any atom is 0.259 e. The minimum Gasteiger partial charge on any atom is -0.463 e. The summed E-state index contributed by atoms with van der Waals surface area (Å²) in [5, 5.41) is 9.83. The Hall–Kier alpha value is -2.14. The van der Waals surface area contributed by atoms with E-state index >= 15 is 0 Å².